The van der Waals surface area contributed by atoms with Crippen molar-refractivity contribution in [3.05, 3.63) is 70.8 Å². The Morgan fingerprint density at radius 3 is 2.02 bits per heavy atom. The molecule has 44 heavy (non-hydrogen) atoms. The second kappa shape index (κ2) is 15.8. The molecule has 4 atom stereocenters. The van der Waals surface area contributed by atoms with Gasteiger partial charge in [-0.3, -0.25) is 14.4 Å². The average Bonchev–Trinajstić information content (AvgIpc) is 3.08. The first-order valence-corrected chi connectivity index (χ1v) is 14.9. The summed E-state index contributed by atoms with van der Waals surface area (Å²) in [5.74, 6) is 4.17. The molecule has 3 amide bonds. The van der Waals surface area contributed by atoms with Crippen LogP contribution in [0.3, 0.4) is 0 Å². The molecule has 2 saturated heterocycles. The highest BCUT2D eigenvalue weighted by molar-refractivity contribution is 6.12. The molecule has 2 aromatic rings. The first-order chi connectivity index (χ1) is 21.3. The number of nitrogens with one attached hydrogen (secondary N) is 2. The van der Waals surface area contributed by atoms with Gasteiger partial charge < -0.3 is 29.5 Å². The van der Waals surface area contributed by atoms with E-state index in [0.29, 0.717) is 25.2 Å². The number of rotatable bonds is 10. The second-order valence-electron chi connectivity index (χ2n) is 10.9. The Morgan fingerprint density at radius 1 is 0.932 bits per heavy atom. The molecule has 2 fully saturated rings. The molecule has 0 aliphatic carbocycles. The highest BCUT2D eigenvalue weighted by Gasteiger charge is 2.47. The van der Waals surface area contributed by atoms with Crippen LogP contribution in [0.2, 0.25) is 0 Å². The predicted octanol–water partition coefficient (Wildman–Crippen LogP) is 2.81. The lowest BCUT2D eigenvalue weighted by Gasteiger charge is -2.36. The van der Waals surface area contributed by atoms with Gasteiger partial charge in [-0.15, -0.1) is 0 Å². The van der Waals surface area contributed by atoms with Gasteiger partial charge in [-0.25, -0.2) is 10.3 Å². The number of hydroxylamine groups is 1. The Kier molecular flexibility index (Phi) is 11.9. The largest absolute Gasteiger partial charge is 0.393 e. The fourth-order valence-corrected chi connectivity index (χ4v) is 4.92. The number of nitrogens with zero attached hydrogens (tertiary/aromatic N) is 1. The van der Waals surface area contributed by atoms with E-state index in [2.05, 4.69) is 22.6 Å². The molecule has 3 N–H and O–H groups in total. The van der Waals surface area contributed by atoms with Crippen LogP contribution in [0.1, 0.15) is 78.6 Å². The minimum atomic E-state index is -1.89. The number of likely N-dealkylation sites (N-methyl/N-ethyl adjacent to an activating group) is 2. The van der Waals surface area contributed by atoms with E-state index < -0.39 is 35.7 Å². The van der Waals surface area contributed by atoms with Crippen molar-refractivity contribution in [3.63, 3.8) is 0 Å². The number of benzene rings is 2. The third-order valence-corrected chi connectivity index (χ3v) is 7.89. The summed E-state index contributed by atoms with van der Waals surface area (Å²) < 4.78 is 17.0. The Bertz CT molecular complexity index is 1330. The van der Waals surface area contributed by atoms with Gasteiger partial charge in [0.15, 0.2) is 18.1 Å². The summed E-state index contributed by atoms with van der Waals surface area (Å²) in [5.41, 5.74) is 2.97. The van der Waals surface area contributed by atoms with Crippen LogP contribution in [0.25, 0.3) is 0 Å². The predicted molar refractivity (Wildman–Crippen MR) is 161 cm³/mol. The highest BCUT2D eigenvalue weighted by atomic mass is 16.8. The lowest BCUT2D eigenvalue weighted by atomic mass is 9.96. The van der Waals surface area contributed by atoms with Crippen LogP contribution in [0.4, 0.5) is 0 Å². The molecule has 2 aromatic carbocycles. The molecule has 0 aromatic heterocycles. The van der Waals surface area contributed by atoms with E-state index in [0.717, 1.165) is 48.1 Å². The topological polar surface area (TPSA) is 136 Å². The Labute approximate surface area is 258 Å². The maximum atomic E-state index is 13.4. The number of ether oxygens (including phenoxy) is 3. The maximum Gasteiger partial charge on any atom is 0.279 e. The summed E-state index contributed by atoms with van der Waals surface area (Å²) in [6.45, 7) is 2.40. The molecule has 0 bridgehead atoms. The van der Waals surface area contributed by atoms with E-state index in [-0.39, 0.29) is 18.5 Å². The smallest absolute Gasteiger partial charge is 0.279 e. The molecule has 2 heterocycles. The Balaban J connectivity index is 1.39. The third kappa shape index (κ3) is 8.22. The van der Waals surface area contributed by atoms with Crippen LogP contribution in [0.5, 0.6) is 0 Å². The average molecular weight is 608 g/mol. The lowest BCUT2D eigenvalue weighted by molar-refractivity contribution is -0.204. The number of carbonyl (C=O) groups excluding carboxylic acids is 3. The molecule has 0 saturated carbocycles. The van der Waals surface area contributed by atoms with Crippen molar-refractivity contribution >= 4 is 17.7 Å². The van der Waals surface area contributed by atoms with Crippen LogP contribution in [-0.2, 0) is 28.6 Å². The standard InChI is InChI=1S/C33H41N3O8/c1-33(31(39)34-2,32(40)35-44-29-9-5-7-21-42-29)36(3)30(38)26-18-14-24(15-19-26)11-10-23-12-16-25(17-13-23)27(22-37)43-28-8-4-6-20-41-28/h12-19,27-29,37H,4-9,20-22H2,1-3H3,(H,34,39)(H,35,40)/t27-,28?,29?,33+/m1/s1. The van der Waals surface area contributed by atoms with E-state index in [4.69, 9.17) is 19.0 Å². The lowest BCUT2D eigenvalue weighted by Crippen LogP contribution is -2.65. The quantitative estimate of drug-likeness (QED) is 0.213. The van der Waals surface area contributed by atoms with E-state index in [9.17, 15) is 19.5 Å². The van der Waals surface area contributed by atoms with Gasteiger partial charge in [0.1, 0.15) is 6.10 Å². The molecule has 11 heteroatoms. The Morgan fingerprint density at radius 2 is 1.50 bits per heavy atom. The van der Waals surface area contributed by atoms with E-state index in [1.165, 1.54) is 21.0 Å². The molecule has 4 rings (SSSR count). The highest BCUT2D eigenvalue weighted by Crippen LogP contribution is 2.24. The molecule has 2 unspecified atom stereocenters. The molecular formula is C33H41N3O8. The van der Waals surface area contributed by atoms with Gasteiger partial charge in [-0.05, 0) is 81.0 Å². The summed E-state index contributed by atoms with van der Waals surface area (Å²) in [5, 5.41) is 12.3. The van der Waals surface area contributed by atoms with Crippen molar-refractivity contribution in [2.24, 2.45) is 0 Å². The zero-order chi connectivity index (χ0) is 31.5. The zero-order valence-corrected chi connectivity index (χ0v) is 25.5. The summed E-state index contributed by atoms with van der Waals surface area (Å²) in [4.78, 5) is 45.8. The van der Waals surface area contributed by atoms with Gasteiger partial charge in [0.05, 0.1) is 6.61 Å². The minimum Gasteiger partial charge on any atom is -0.393 e. The Hall–Kier alpha value is -3.79. The summed E-state index contributed by atoms with van der Waals surface area (Å²) in [6, 6.07) is 14.0. The van der Waals surface area contributed by atoms with Gasteiger partial charge in [0.25, 0.3) is 17.7 Å². The van der Waals surface area contributed by atoms with Crippen molar-refractivity contribution in [2.45, 2.75) is 69.7 Å². The molecular weight excluding hydrogens is 566 g/mol. The van der Waals surface area contributed by atoms with E-state index in [1.54, 1.807) is 24.3 Å². The number of aliphatic hydroxyl groups is 1. The van der Waals surface area contributed by atoms with Crippen LogP contribution in [-0.4, -0.2) is 79.8 Å². The van der Waals surface area contributed by atoms with E-state index in [1.807, 2.05) is 24.3 Å². The number of hydrogen-bond donors (Lipinski definition) is 3. The molecule has 0 spiro atoms. The SMILES string of the molecule is CNC(=O)[C@@](C)(C(=O)NOC1CCCCO1)N(C)C(=O)c1ccc(C#Cc2ccc([C@@H](CO)OC3CCCCO3)cc2)cc1. The monoisotopic (exact) mass is 607 g/mol. The fraction of sp³-hybridized carbons (Fsp3) is 0.485. The van der Waals surface area contributed by atoms with Crippen molar-refractivity contribution < 1.29 is 38.5 Å². The summed E-state index contributed by atoms with van der Waals surface area (Å²) in [6.07, 6.45) is 3.92. The number of hydrogen-bond acceptors (Lipinski definition) is 8. The van der Waals surface area contributed by atoms with Gasteiger partial charge in [-0.2, -0.15) is 0 Å². The fourth-order valence-electron chi connectivity index (χ4n) is 4.92. The van der Waals surface area contributed by atoms with Gasteiger partial charge in [0.2, 0.25) is 0 Å². The minimum absolute atomic E-state index is 0.152. The van der Waals surface area contributed by atoms with Crippen molar-refractivity contribution in [1.82, 2.24) is 15.7 Å². The molecule has 2 aliphatic heterocycles. The van der Waals surface area contributed by atoms with Crippen molar-refractivity contribution in [1.29, 1.82) is 0 Å². The van der Waals surface area contributed by atoms with Crippen molar-refractivity contribution in [3.8, 4) is 11.8 Å². The normalized spacial score (nSPS) is 20.3. The van der Waals surface area contributed by atoms with Crippen LogP contribution in [0, 0.1) is 11.8 Å². The van der Waals surface area contributed by atoms with Crippen LogP contribution < -0.4 is 10.8 Å². The van der Waals surface area contributed by atoms with Gasteiger partial charge in [-0.1, -0.05) is 24.0 Å². The molecule has 236 valence electrons. The number of amides is 3. The van der Waals surface area contributed by atoms with E-state index >= 15 is 0 Å². The van der Waals surface area contributed by atoms with Crippen LogP contribution >= 0.6 is 0 Å². The second-order valence-corrected chi connectivity index (χ2v) is 10.9. The number of aliphatic hydroxyl groups excluding tert-OH is 1. The van der Waals surface area contributed by atoms with Crippen molar-refractivity contribution in [2.75, 3.05) is 33.9 Å². The van der Waals surface area contributed by atoms with Crippen LogP contribution in [0.15, 0.2) is 48.5 Å². The van der Waals surface area contributed by atoms with Gasteiger partial charge >= 0.3 is 0 Å². The number of carbonyl (C=O) groups is 3. The summed E-state index contributed by atoms with van der Waals surface area (Å²) in [7, 11) is 2.78. The zero-order valence-electron chi connectivity index (χ0n) is 25.5. The summed E-state index contributed by atoms with van der Waals surface area (Å²) >= 11 is 0. The van der Waals surface area contributed by atoms with Gasteiger partial charge in [0, 0.05) is 50.4 Å². The molecule has 2 aliphatic rings. The molecule has 11 nitrogen and oxygen atoms in total. The third-order valence-electron chi connectivity index (χ3n) is 7.89. The first kappa shape index (κ1) is 33.1. The molecule has 0 radical (unpaired) electrons. The maximum absolute atomic E-state index is 13.4. The first-order valence-electron chi connectivity index (χ1n) is 14.9.